The molecule has 4 aromatic rings. The molecule has 4 fully saturated rings. The lowest BCUT2D eigenvalue weighted by Crippen LogP contribution is -2.52. The summed E-state index contributed by atoms with van der Waals surface area (Å²) in [4.78, 5) is 48.4. The van der Waals surface area contributed by atoms with Crippen molar-refractivity contribution in [3.8, 4) is 23.0 Å². The van der Waals surface area contributed by atoms with Crippen molar-refractivity contribution in [2.45, 2.75) is 148 Å². The Balaban J connectivity index is 0.000000252. The Labute approximate surface area is 504 Å². The molecule has 3 N–H and O–H groups in total. The van der Waals surface area contributed by atoms with Crippen molar-refractivity contribution in [2.24, 2.45) is 11.7 Å². The Kier molecular flexibility index (Phi) is 23.9. The molecule has 4 unspecified atom stereocenters. The number of halogens is 8. The van der Waals surface area contributed by atoms with Gasteiger partial charge < -0.3 is 44.5 Å². The summed E-state index contributed by atoms with van der Waals surface area (Å²) in [5, 5.41) is 3.06. The van der Waals surface area contributed by atoms with Crippen LogP contribution in [0.3, 0.4) is 0 Å². The topological polar surface area (TPSA) is 148 Å². The molecule has 476 valence electrons. The molecule has 22 heteroatoms. The van der Waals surface area contributed by atoms with Gasteiger partial charge in [0.2, 0.25) is 0 Å². The van der Waals surface area contributed by atoms with Crippen LogP contribution in [0.4, 0.5) is 39.9 Å². The molecule has 87 heavy (non-hydrogen) atoms. The van der Waals surface area contributed by atoms with E-state index in [4.69, 9.17) is 19.9 Å². The van der Waals surface area contributed by atoms with E-state index in [2.05, 4.69) is 24.6 Å². The van der Waals surface area contributed by atoms with E-state index in [-0.39, 0.29) is 99.7 Å². The molecule has 4 atom stereocenters. The molecular weight excluding hydrogens is 1140 g/mol. The van der Waals surface area contributed by atoms with E-state index in [1.54, 1.807) is 35.8 Å². The maximum atomic E-state index is 14.5. The number of carbonyl (C=O) groups is 3. The Morgan fingerprint density at radius 3 is 1.56 bits per heavy atom. The molecular formula is C65H82F8N6O8. The number of rotatable bonds is 23. The quantitative estimate of drug-likeness (QED) is 0.0684. The van der Waals surface area contributed by atoms with Gasteiger partial charge in [0.1, 0.15) is 28.9 Å². The number of alkyl halides is 4. The van der Waals surface area contributed by atoms with E-state index < -0.39 is 48.2 Å². The van der Waals surface area contributed by atoms with E-state index >= 15 is 0 Å². The summed E-state index contributed by atoms with van der Waals surface area (Å²) in [6.07, 6.45) is 13.4. The molecule has 0 aromatic heterocycles. The van der Waals surface area contributed by atoms with Crippen LogP contribution < -0.4 is 30.0 Å². The molecule has 0 bridgehead atoms. The van der Waals surface area contributed by atoms with Crippen LogP contribution in [0.2, 0.25) is 0 Å². The van der Waals surface area contributed by atoms with Gasteiger partial charge in [-0.25, -0.2) is 22.4 Å². The fourth-order valence-electron chi connectivity index (χ4n) is 12.3. The number of hydrogen-bond donors (Lipinski definition) is 2. The number of amides is 3. The van der Waals surface area contributed by atoms with Crippen LogP contribution in [0.5, 0.6) is 23.0 Å². The number of nitrogens with zero attached hydrogens (tertiary/aromatic N) is 4. The second-order valence-corrected chi connectivity index (χ2v) is 24.2. The van der Waals surface area contributed by atoms with Gasteiger partial charge in [-0.1, -0.05) is 42.6 Å². The molecule has 2 saturated heterocycles. The Morgan fingerprint density at radius 1 is 0.644 bits per heavy atom. The third kappa shape index (κ3) is 19.8. The van der Waals surface area contributed by atoms with Crippen LogP contribution >= 0.6 is 0 Å². The molecule has 3 amide bonds. The lowest BCUT2D eigenvalue weighted by molar-refractivity contribution is -0.0518. The number of ether oxygens (including phenoxy) is 5. The van der Waals surface area contributed by atoms with Gasteiger partial charge in [-0.2, -0.15) is 17.6 Å². The molecule has 8 rings (SSSR count). The SMILES string of the molecule is COc1cc(C(=O)N(C/C(C)=C/c2ccc(F)cc2F)CC2CCCN2CC2(N)CCCC2)ccc1OC(F)F.COc1cc(C(=O)N(C/C(C)=C/c2ccc(F)cc2F)CC2CCCN2CC2CCCC2NC(=O)OC(C)(C)C)ccc1OC(F)F. The number of nitrogens with one attached hydrogen (secondary N) is 1. The maximum absolute atomic E-state index is 14.5. The van der Waals surface area contributed by atoms with Crippen molar-refractivity contribution < 1.29 is 73.2 Å². The Morgan fingerprint density at radius 2 is 1.11 bits per heavy atom. The monoisotopic (exact) mass is 1230 g/mol. The third-order valence-electron chi connectivity index (χ3n) is 16.2. The molecule has 4 aromatic carbocycles. The van der Waals surface area contributed by atoms with Crippen LogP contribution in [0.25, 0.3) is 12.2 Å². The van der Waals surface area contributed by atoms with Gasteiger partial charge in [-0.05, 0) is 166 Å². The Hall–Kier alpha value is -6.91. The molecule has 14 nitrogen and oxygen atoms in total. The smallest absolute Gasteiger partial charge is 0.407 e. The highest BCUT2D eigenvalue weighted by Crippen LogP contribution is 2.35. The average Bonchev–Trinajstić information content (AvgIpc) is 2.40. The first kappa shape index (κ1) is 67.6. The maximum Gasteiger partial charge on any atom is 0.407 e. The predicted octanol–water partition coefficient (Wildman–Crippen LogP) is 13.1. The average molecular weight is 1230 g/mol. The largest absolute Gasteiger partial charge is 0.493 e. The van der Waals surface area contributed by atoms with Gasteiger partial charge >= 0.3 is 19.3 Å². The summed E-state index contributed by atoms with van der Waals surface area (Å²) >= 11 is 0. The van der Waals surface area contributed by atoms with Gasteiger partial charge in [-0.3, -0.25) is 19.4 Å². The second-order valence-electron chi connectivity index (χ2n) is 24.2. The fourth-order valence-corrected chi connectivity index (χ4v) is 12.3. The van der Waals surface area contributed by atoms with Crippen LogP contribution in [0.1, 0.15) is 137 Å². The third-order valence-corrected chi connectivity index (χ3v) is 16.2. The van der Waals surface area contributed by atoms with Crippen LogP contribution in [0, 0.1) is 29.2 Å². The minimum Gasteiger partial charge on any atom is -0.493 e. The summed E-state index contributed by atoms with van der Waals surface area (Å²) in [6.45, 7) is 7.27. The van der Waals surface area contributed by atoms with Gasteiger partial charge in [-0.15, -0.1) is 0 Å². The highest BCUT2D eigenvalue weighted by molar-refractivity contribution is 5.96. The molecule has 2 aliphatic carbocycles. The highest BCUT2D eigenvalue weighted by atomic mass is 19.3. The van der Waals surface area contributed by atoms with Gasteiger partial charge in [0, 0.05) is 97.3 Å². The summed E-state index contributed by atoms with van der Waals surface area (Å²) in [5.74, 6) is -3.59. The molecule has 0 radical (unpaired) electrons. The zero-order chi connectivity index (χ0) is 63.2. The predicted molar refractivity (Wildman–Crippen MR) is 316 cm³/mol. The van der Waals surface area contributed by atoms with Crippen molar-refractivity contribution in [3.63, 3.8) is 0 Å². The molecule has 2 heterocycles. The van der Waals surface area contributed by atoms with Gasteiger partial charge in [0.15, 0.2) is 23.0 Å². The van der Waals surface area contributed by atoms with Crippen molar-refractivity contribution >= 4 is 30.1 Å². The van der Waals surface area contributed by atoms with Crippen LogP contribution in [-0.4, -0.2) is 147 Å². The lowest BCUT2D eigenvalue weighted by Gasteiger charge is -2.36. The minimum absolute atomic E-state index is 0.0102. The highest BCUT2D eigenvalue weighted by Gasteiger charge is 2.38. The first-order valence-electron chi connectivity index (χ1n) is 29.6. The van der Waals surface area contributed by atoms with Crippen molar-refractivity contribution in [2.75, 3.05) is 66.6 Å². The molecule has 0 spiro atoms. The summed E-state index contributed by atoms with van der Waals surface area (Å²) in [7, 11) is 2.61. The van der Waals surface area contributed by atoms with Gasteiger partial charge in [0.05, 0.1) is 14.2 Å². The summed E-state index contributed by atoms with van der Waals surface area (Å²) in [5.41, 5.74) is 8.09. The summed E-state index contributed by atoms with van der Waals surface area (Å²) in [6, 6.07) is 14.9. The normalized spacial score (nSPS) is 19.9. The first-order valence-corrected chi connectivity index (χ1v) is 29.6. The van der Waals surface area contributed by atoms with Crippen LogP contribution in [0.15, 0.2) is 83.9 Å². The molecule has 2 aliphatic heterocycles. The standard InChI is InChI=1S/C35H45F4N3O5.C30H37F4N3O3/c1-22(16-23-11-13-26(36)18-28(23)37)19-42(32(43)24-12-14-30(46-33(38)39)31(17-24)45-5)21-27-9-7-15-41(27)20-25-8-6-10-29(25)40-34(44)47-35(2,3)4;1-20(14-21-7-9-23(31)16-25(21)32)17-37(18-24-6-5-13-36(24)19-30(35)11-3-4-12-30)28(38)22-8-10-26(40-29(33)34)27(15-22)39-2/h11-14,16-18,25,27,29,33H,6-10,15,19-21H2,1-5H3,(H,40,44);7-10,14-16,24,29H,3-6,11-13,17-19,35H2,1-2H3/b22-16+;20-14+. The van der Waals surface area contributed by atoms with Crippen molar-refractivity contribution in [1.82, 2.24) is 24.9 Å². The zero-order valence-electron chi connectivity index (χ0n) is 50.6. The van der Waals surface area contributed by atoms with Crippen molar-refractivity contribution in [3.05, 3.63) is 129 Å². The zero-order valence-corrected chi connectivity index (χ0v) is 50.6. The fraction of sp³-hybridized carbons (Fsp3) is 0.523. The minimum atomic E-state index is -3.06. The first-order chi connectivity index (χ1) is 41.3. The van der Waals surface area contributed by atoms with Crippen LogP contribution in [-0.2, 0) is 4.74 Å². The van der Waals surface area contributed by atoms with Crippen molar-refractivity contribution in [1.29, 1.82) is 0 Å². The number of alkyl carbamates (subject to hydrolysis) is 1. The number of carbonyl (C=O) groups excluding carboxylic acids is 3. The summed E-state index contributed by atoms with van der Waals surface area (Å²) < 4.78 is 132. The number of hydrogen-bond acceptors (Lipinski definition) is 11. The lowest BCUT2D eigenvalue weighted by atomic mass is 9.98. The molecule has 4 aliphatic rings. The van der Waals surface area contributed by atoms with E-state index in [1.807, 2.05) is 20.8 Å². The number of nitrogens with two attached hydrogens (primary N) is 1. The Bertz CT molecular complexity index is 3050. The second kappa shape index (κ2) is 30.8. The van der Waals surface area contributed by atoms with E-state index in [1.165, 1.54) is 74.9 Å². The number of methoxy groups -OCH3 is 2. The number of benzene rings is 4. The van der Waals surface area contributed by atoms with E-state index in [9.17, 15) is 49.5 Å². The molecule has 2 saturated carbocycles. The van der Waals surface area contributed by atoms with E-state index in [0.717, 1.165) is 109 Å². The van der Waals surface area contributed by atoms with E-state index in [0.29, 0.717) is 24.2 Å². The van der Waals surface area contributed by atoms with Gasteiger partial charge in [0.25, 0.3) is 11.8 Å². The number of likely N-dealkylation sites (tertiary alicyclic amines) is 2.